The molecule has 0 fully saturated rings. The molecular weight excluding hydrogens is 425 g/mol. The molecule has 7 heteroatoms. The van der Waals surface area contributed by atoms with Crippen molar-refractivity contribution in [2.75, 3.05) is 0 Å². The Labute approximate surface area is 139 Å². The fourth-order valence-corrected chi connectivity index (χ4v) is 4.35. The lowest BCUT2D eigenvalue weighted by Gasteiger charge is -2.15. The van der Waals surface area contributed by atoms with E-state index in [0.29, 0.717) is 0 Å². The number of hydrogen-bond acceptors (Lipinski definition) is 2. The average Bonchev–Trinajstić information content (AvgIpc) is 2.38. The van der Waals surface area contributed by atoms with Gasteiger partial charge in [-0.2, -0.15) is 0 Å². The summed E-state index contributed by atoms with van der Waals surface area (Å²) in [6.45, 7) is 1.75. The second-order valence-corrected chi connectivity index (χ2v) is 7.92. The van der Waals surface area contributed by atoms with Crippen molar-refractivity contribution < 1.29 is 12.8 Å². The van der Waals surface area contributed by atoms with Crippen molar-refractivity contribution in [2.24, 2.45) is 0 Å². The molecule has 0 heterocycles. The molecule has 1 atom stereocenters. The zero-order valence-corrected chi connectivity index (χ0v) is 15.0. The molecule has 2 rings (SSSR count). The van der Waals surface area contributed by atoms with Gasteiger partial charge in [-0.1, -0.05) is 28.1 Å². The van der Waals surface area contributed by atoms with Gasteiger partial charge in [0, 0.05) is 15.0 Å². The van der Waals surface area contributed by atoms with Crippen molar-refractivity contribution in [3.8, 4) is 0 Å². The lowest BCUT2D eigenvalue weighted by atomic mass is 10.1. The maximum atomic E-state index is 13.1. The van der Waals surface area contributed by atoms with Crippen LogP contribution in [0, 0.1) is 5.82 Å². The molecule has 21 heavy (non-hydrogen) atoms. The van der Waals surface area contributed by atoms with Crippen molar-refractivity contribution >= 4 is 41.9 Å². The van der Waals surface area contributed by atoms with Crippen LogP contribution in [0.25, 0.3) is 0 Å². The molecule has 3 nitrogen and oxygen atoms in total. The molecule has 0 aliphatic heterocycles. The molecule has 112 valence electrons. The second kappa shape index (κ2) is 6.56. The Morgan fingerprint density at radius 1 is 1.10 bits per heavy atom. The summed E-state index contributed by atoms with van der Waals surface area (Å²) >= 11 is 6.40. The van der Waals surface area contributed by atoms with Crippen LogP contribution in [0.1, 0.15) is 18.5 Å². The number of hydrogen-bond donors (Lipinski definition) is 1. The summed E-state index contributed by atoms with van der Waals surface area (Å²) in [5, 5.41) is 0. The molecule has 1 N–H and O–H groups in total. The quantitative estimate of drug-likeness (QED) is 0.772. The van der Waals surface area contributed by atoms with Crippen LogP contribution in [0.15, 0.2) is 56.3 Å². The smallest absolute Gasteiger partial charge is 0.207 e. The largest absolute Gasteiger partial charge is 0.242 e. The minimum atomic E-state index is -3.74. The van der Waals surface area contributed by atoms with Crippen LogP contribution in [-0.2, 0) is 10.0 Å². The fourth-order valence-electron chi connectivity index (χ4n) is 1.81. The third-order valence-corrected chi connectivity index (χ3v) is 5.93. The van der Waals surface area contributed by atoms with E-state index in [-0.39, 0.29) is 9.37 Å². The third-order valence-electron chi connectivity index (χ3n) is 2.89. The van der Waals surface area contributed by atoms with E-state index in [4.69, 9.17) is 0 Å². The maximum Gasteiger partial charge on any atom is 0.242 e. The summed E-state index contributed by atoms with van der Waals surface area (Å²) in [5.74, 6) is -0.498. The lowest BCUT2D eigenvalue weighted by molar-refractivity contribution is 0.565. The Kier molecular flexibility index (Phi) is 5.19. The molecule has 0 saturated heterocycles. The van der Waals surface area contributed by atoms with Gasteiger partial charge in [-0.3, -0.25) is 0 Å². The van der Waals surface area contributed by atoms with Crippen LogP contribution < -0.4 is 4.72 Å². The van der Waals surface area contributed by atoms with E-state index in [0.717, 1.165) is 22.2 Å². The van der Waals surface area contributed by atoms with Crippen LogP contribution in [-0.4, -0.2) is 8.42 Å². The van der Waals surface area contributed by atoms with Gasteiger partial charge in [0.1, 0.15) is 5.82 Å². The molecule has 0 saturated carbocycles. The van der Waals surface area contributed by atoms with E-state index in [1.165, 1.54) is 6.07 Å². The molecule has 0 amide bonds. The highest BCUT2D eigenvalue weighted by Gasteiger charge is 2.21. The Morgan fingerprint density at radius 2 is 1.71 bits per heavy atom. The van der Waals surface area contributed by atoms with E-state index < -0.39 is 21.9 Å². The van der Waals surface area contributed by atoms with Crippen LogP contribution in [0.4, 0.5) is 4.39 Å². The molecule has 0 spiro atoms. The SMILES string of the molecule is C[C@@H](NS(=O)(=O)c1ccc(F)cc1Br)c1ccc(Br)cc1. The number of rotatable bonds is 4. The minimum absolute atomic E-state index is 0.00728. The van der Waals surface area contributed by atoms with Gasteiger partial charge in [0.05, 0.1) is 4.90 Å². The average molecular weight is 437 g/mol. The van der Waals surface area contributed by atoms with Crippen LogP contribution in [0.2, 0.25) is 0 Å². The van der Waals surface area contributed by atoms with Gasteiger partial charge < -0.3 is 0 Å². The highest BCUT2D eigenvalue weighted by Crippen LogP contribution is 2.25. The van der Waals surface area contributed by atoms with E-state index in [1.807, 2.05) is 24.3 Å². The van der Waals surface area contributed by atoms with Crippen LogP contribution >= 0.6 is 31.9 Å². The molecule has 0 bridgehead atoms. The first-order valence-corrected chi connectivity index (χ1v) is 9.09. The molecule has 0 aliphatic carbocycles. The molecule has 0 aliphatic rings. The van der Waals surface area contributed by atoms with E-state index >= 15 is 0 Å². The maximum absolute atomic E-state index is 13.1. The highest BCUT2D eigenvalue weighted by atomic mass is 79.9. The normalized spacial score (nSPS) is 13.1. The lowest BCUT2D eigenvalue weighted by Crippen LogP contribution is -2.27. The van der Waals surface area contributed by atoms with Gasteiger partial charge >= 0.3 is 0 Å². The van der Waals surface area contributed by atoms with Crippen molar-refractivity contribution in [1.82, 2.24) is 4.72 Å². The number of sulfonamides is 1. The standard InChI is InChI=1S/C14H12Br2FNO2S/c1-9(10-2-4-11(15)5-3-10)18-21(19,20)14-7-6-12(17)8-13(14)16/h2-9,18H,1H3/t9-/m1/s1. The first-order valence-electron chi connectivity index (χ1n) is 6.02. The van der Waals surface area contributed by atoms with Gasteiger partial charge in [0.15, 0.2) is 0 Å². The topological polar surface area (TPSA) is 46.2 Å². The van der Waals surface area contributed by atoms with Crippen molar-refractivity contribution in [3.63, 3.8) is 0 Å². The third kappa shape index (κ3) is 4.12. The molecule has 0 radical (unpaired) electrons. The van der Waals surface area contributed by atoms with Crippen LogP contribution in [0.3, 0.4) is 0 Å². The predicted octanol–water partition coefficient (Wildman–Crippen LogP) is 4.39. The number of halogens is 3. The van der Waals surface area contributed by atoms with Crippen molar-refractivity contribution in [3.05, 3.63) is 62.8 Å². The Balaban J connectivity index is 2.26. The zero-order valence-electron chi connectivity index (χ0n) is 11.0. The van der Waals surface area contributed by atoms with Crippen LogP contribution in [0.5, 0.6) is 0 Å². The number of benzene rings is 2. The first-order chi connectivity index (χ1) is 9.79. The van der Waals surface area contributed by atoms with E-state index in [2.05, 4.69) is 36.6 Å². The first kappa shape index (κ1) is 16.6. The molecular formula is C14H12Br2FNO2S. The van der Waals surface area contributed by atoms with Gasteiger partial charge in [-0.15, -0.1) is 0 Å². The van der Waals surface area contributed by atoms with Gasteiger partial charge in [-0.05, 0) is 58.7 Å². The monoisotopic (exact) mass is 435 g/mol. The summed E-state index contributed by atoms with van der Waals surface area (Å²) in [6, 6.07) is 10.4. The Hall–Kier alpha value is -0.760. The highest BCUT2D eigenvalue weighted by molar-refractivity contribution is 9.10. The predicted molar refractivity (Wildman–Crippen MR) is 87.0 cm³/mol. The van der Waals surface area contributed by atoms with Crippen molar-refractivity contribution in [1.29, 1.82) is 0 Å². The van der Waals surface area contributed by atoms with Gasteiger partial charge in [-0.25, -0.2) is 17.5 Å². The summed E-state index contributed by atoms with van der Waals surface area (Å²) < 4.78 is 41.4. The Bertz CT molecular complexity index is 748. The second-order valence-electron chi connectivity index (χ2n) is 4.47. The molecule has 2 aromatic carbocycles. The fraction of sp³-hybridized carbons (Fsp3) is 0.143. The van der Waals surface area contributed by atoms with E-state index in [9.17, 15) is 12.8 Å². The minimum Gasteiger partial charge on any atom is -0.207 e. The zero-order chi connectivity index (χ0) is 15.6. The van der Waals surface area contributed by atoms with Crippen molar-refractivity contribution in [2.45, 2.75) is 17.9 Å². The van der Waals surface area contributed by atoms with E-state index in [1.54, 1.807) is 6.92 Å². The van der Waals surface area contributed by atoms with Gasteiger partial charge in [0.2, 0.25) is 10.0 Å². The molecule has 0 unspecified atom stereocenters. The summed E-state index contributed by atoms with van der Waals surface area (Å²) in [7, 11) is -3.74. The summed E-state index contributed by atoms with van der Waals surface area (Å²) in [6.07, 6.45) is 0. The Morgan fingerprint density at radius 3 is 2.29 bits per heavy atom. The summed E-state index contributed by atoms with van der Waals surface area (Å²) in [4.78, 5) is 0.00728. The summed E-state index contributed by atoms with van der Waals surface area (Å²) in [5.41, 5.74) is 0.833. The molecule has 2 aromatic rings. The van der Waals surface area contributed by atoms with Gasteiger partial charge in [0.25, 0.3) is 0 Å². The number of nitrogens with one attached hydrogen (secondary N) is 1. The molecule has 0 aromatic heterocycles.